The Morgan fingerprint density at radius 1 is 1.38 bits per heavy atom. The number of carboxylic acid groups (broad SMARTS) is 1. The molecule has 0 aromatic carbocycles. The van der Waals surface area contributed by atoms with Crippen molar-refractivity contribution in [2.45, 2.75) is 13.3 Å². The van der Waals surface area contributed by atoms with Crippen molar-refractivity contribution in [2.75, 3.05) is 0 Å². The number of rotatable bonds is 2. The van der Waals surface area contributed by atoms with Crippen molar-refractivity contribution in [1.82, 2.24) is 9.97 Å². The molecule has 0 saturated carbocycles. The zero-order chi connectivity index (χ0) is 10.0. The fourth-order valence-electron chi connectivity index (χ4n) is 0.826. The SMILES string of the molecule is Cc1nc(Cl)c(CC(=O)O)c(Cl)n1. The van der Waals surface area contributed by atoms with Gasteiger partial charge < -0.3 is 5.11 Å². The third-order valence-electron chi connectivity index (χ3n) is 1.35. The summed E-state index contributed by atoms with van der Waals surface area (Å²) in [6.07, 6.45) is -0.266. The lowest BCUT2D eigenvalue weighted by molar-refractivity contribution is -0.136. The lowest BCUT2D eigenvalue weighted by Crippen LogP contribution is -2.04. The van der Waals surface area contributed by atoms with Gasteiger partial charge in [-0.25, -0.2) is 9.97 Å². The van der Waals surface area contributed by atoms with E-state index >= 15 is 0 Å². The predicted octanol–water partition coefficient (Wildman–Crippen LogP) is 1.72. The molecule has 1 rings (SSSR count). The highest BCUT2D eigenvalue weighted by Crippen LogP contribution is 2.21. The molecule has 70 valence electrons. The summed E-state index contributed by atoms with van der Waals surface area (Å²) in [6, 6.07) is 0. The largest absolute Gasteiger partial charge is 0.481 e. The van der Waals surface area contributed by atoms with Crippen LogP contribution in [0.15, 0.2) is 0 Å². The number of aliphatic carboxylic acids is 1. The normalized spacial score (nSPS) is 10.1. The molecular weight excluding hydrogens is 215 g/mol. The molecule has 0 spiro atoms. The highest BCUT2D eigenvalue weighted by atomic mass is 35.5. The van der Waals surface area contributed by atoms with Crippen LogP contribution >= 0.6 is 23.2 Å². The molecule has 0 unspecified atom stereocenters. The smallest absolute Gasteiger partial charge is 0.308 e. The molecule has 0 bridgehead atoms. The summed E-state index contributed by atoms with van der Waals surface area (Å²) in [5, 5.41) is 8.71. The van der Waals surface area contributed by atoms with Gasteiger partial charge in [0, 0.05) is 5.56 Å². The van der Waals surface area contributed by atoms with Crippen molar-refractivity contribution in [3.8, 4) is 0 Å². The summed E-state index contributed by atoms with van der Waals surface area (Å²) in [5.41, 5.74) is 0.251. The molecule has 0 amide bonds. The molecule has 1 aromatic rings. The minimum atomic E-state index is -1.02. The molecule has 4 nitrogen and oxygen atoms in total. The minimum absolute atomic E-state index is 0.0971. The summed E-state index contributed by atoms with van der Waals surface area (Å²) in [6.45, 7) is 1.63. The Labute approximate surface area is 84.5 Å². The second-order valence-corrected chi connectivity index (χ2v) is 3.12. The van der Waals surface area contributed by atoms with Gasteiger partial charge in [0.05, 0.1) is 6.42 Å². The summed E-state index contributed by atoms with van der Waals surface area (Å²) in [7, 11) is 0. The highest BCUT2D eigenvalue weighted by molar-refractivity contribution is 6.34. The molecule has 0 aliphatic rings. The van der Waals surface area contributed by atoms with Crippen molar-refractivity contribution in [3.05, 3.63) is 21.7 Å². The Bertz CT molecular complexity index is 331. The van der Waals surface area contributed by atoms with Gasteiger partial charge in [-0.1, -0.05) is 23.2 Å². The minimum Gasteiger partial charge on any atom is -0.481 e. The first-order valence-electron chi connectivity index (χ1n) is 3.41. The van der Waals surface area contributed by atoms with Gasteiger partial charge in [0.1, 0.15) is 16.1 Å². The number of carbonyl (C=O) groups is 1. The predicted molar refractivity (Wildman–Crippen MR) is 48.1 cm³/mol. The van der Waals surface area contributed by atoms with E-state index in [1.807, 2.05) is 0 Å². The number of hydrogen-bond acceptors (Lipinski definition) is 3. The number of hydrogen-bond donors (Lipinski definition) is 1. The Morgan fingerprint density at radius 2 is 1.85 bits per heavy atom. The molecule has 0 aliphatic carbocycles. The van der Waals surface area contributed by atoms with Crippen LogP contribution in [-0.4, -0.2) is 21.0 Å². The molecule has 1 N–H and O–H groups in total. The second-order valence-electron chi connectivity index (χ2n) is 2.40. The van der Waals surface area contributed by atoms with Gasteiger partial charge in [-0.15, -0.1) is 0 Å². The van der Waals surface area contributed by atoms with Crippen LogP contribution in [0.4, 0.5) is 0 Å². The highest BCUT2D eigenvalue weighted by Gasteiger charge is 2.12. The number of carboxylic acids is 1. The molecule has 0 atom stereocenters. The Hall–Kier alpha value is -0.870. The Kier molecular flexibility index (Phi) is 3.06. The molecule has 6 heteroatoms. The van der Waals surface area contributed by atoms with Gasteiger partial charge in [0.25, 0.3) is 0 Å². The third kappa shape index (κ3) is 2.54. The molecular formula is C7H6Cl2N2O2. The summed E-state index contributed by atoms with van der Waals surface area (Å²) >= 11 is 11.4. The van der Waals surface area contributed by atoms with E-state index in [1.165, 1.54) is 0 Å². The number of aryl methyl sites for hydroxylation is 1. The second kappa shape index (κ2) is 3.89. The van der Waals surface area contributed by atoms with E-state index in [2.05, 4.69) is 9.97 Å². The molecule has 0 fully saturated rings. The fraction of sp³-hybridized carbons (Fsp3) is 0.286. The van der Waals surface area contributed by atoms with Crippen LogP contribution in [-0.2, 0) is 11.2 Å². The van der Waals surface area contributed by atoms with Gasteiger partial charge in [-0.3, -0.25) is 4.79 Å². The average Bonchev–Trinajstić information content (AvgIpc) is 1.96. The topological polar surface area (TPSA) is 63.1 Å². The first-order chi connectivity index (χ1) is 6.00. The summed E-state index contributed by atoms with van der Waals surface area (Å²) in [4.78, 5) is 18.0. The third-order valence-corrected chi connectivity index (χ3v) is 1.97. The van der Waals surface area contributed by atoms with Crippen LogP contribution in [0.5, 0.6) is 0 Å². The van der Waals surface area contributed by atoms with Gasteiger partial charge in [-0.2, -0.15) is 0 Å². The van der Waals surface area contributed by atoms with Crippen LogP contribution in [0, 0.1) is 6.92 Å². The molecule has 0 saturated heterocycles. The van der Waals surface area contributed by atoms with Crippen molar-refractivity contribution in [2.24, 2.45) is 0 Å². The summed E-state index contributed by atoms with van der Waals surface area (Å²) < 4.78 is 0. The molecule has 1 heterocycles. The van der Waals surface area contributed by atoms with Crippen LogP contribution in [0.25, 0.3) is 0 Å². The summed E-state index contributed by atoms with van der Waals surface area (Å²) in [5.74, 6) is -0.597. The first-order valence-corrected chi connectivity index (χ1v) is 4.16. The van der Waals surface area contributed by atoms with E-state index in [-0.39, 0.29) is 22.3 Å². The van der Waals surface area contributed by atoms with E-state index in [0.29, 0.717) is 5.82 Å². The monoisotopic (exact) mass is 220 g/mol. The maximum Gasteiger partial charge on any atom is 0.308 e. The van der Waals surface area contributed by atoms with E-state index < -0.39 is 5.97 Å². The van der Waals surface area contributed by atoms with E-state index in [4.69, 9.17) is 28.3 Å². The van der Waals surface area contributed by atoms with E-state index in [1.54, 1.807) is 6.92 Å². The zero-order valence-corrected chi connectivity index (χ0v) is 8.22. The first kappa shape index (κ1) is 10.2. The Morgan fingerprint density at radius 3 is 2.23 bits per heavy atom. The van der Waals surface area contributed by atoms with Crippen LogP contribution in [0.2, 0.25) is 10.3 Å². The van der Waals surface area contributed by atoms with Crippen molar-refractivity contribution >= 4 is 29.2 Å². The quantitative estimate of drug-likeness (QED) is 0.772. The zero-order valence-electron chi connectivity index (χ0n) is 6.71. The Balaban J connectivity index is 3.13. The lowest BCUT2D eigenvalue weighted by atomic mass is 10.2. The maximum atomic E-state index is 10.4. The van der Waals surface area contributed by atoms with Crippen LogP contribution in [0.3, 0.4) is 0 Å². The molecule has 1 aromatic heterocycles. The van der Waals surface area contributed by atoms with Gasteiger partial charge in [-0.05, 0) is 6.92 Å². The number of nitrogens with zero attached hydrogens (tertiary/aromatic N) is 2. The molecule has 13 heavy (non-hydrogen) atoms. The number of halogens is 2. The standard InChI is InChI=1S/C7H6Cl2N2O2/c1-3-10-6(8)4(2-5(12)13)7(9)11-3/h2H2,1H3,(H,12,13). The van der Waals surface area contributed by atoms with Crippen LogP contribution in [0.1, 0.15) is 11.4 Å². The van der Waals surface area contributed by atoms with Crippen molar-refractivity contribution < 1.29 is 9.90 Å². The van der Waals surface area contributed by atoms with Gasteiger partial charge in [0.15, 0.2) is 0 Å². The van der Waals surface area contributed by atoms with Crippen molar-refractivity contribution in [3.63, 3.8) is 0 Å². The molecule has 0 aliphatic heterocycles. The van der Waals surface area contributed by atoms with Gasteiger partial charge >= 0.3 is 5.97 Å². The maximum absolute atomic E-state index is 10.4. The molecule has 0 radical (unpaired) electrons. The van der Waals surface area contributed by atoms with E-state index in [0.717, 1.165) is 0 Å². The average molecular weight is 221 g/mol. The van der Waals surface area contributed by atoms with Crippen LogP contribution < -0.4 is 0 Å². The van der Waals surface area contributed by atoms with Crippen molar-refractivity contribution in [1.29, 1.82) is 0 Å². The van der Waals surface area contributed by atoms with Gasteiger partial charge in [0.2, 0.25) is 0 Å². The van der Waals surface area contributed by atoms with E-state index in [9.17, 15) is 4.79 Å². The fourth-order valence-corrected chi connectivity index (χ4v) is 1.43. The number of aromatic nitrogens is 2. The lowest BCUT2D eigenvalue weighted by Gasteiger charge is -2.03.